The first-order chi connectivity index (χ1) is 10.0. The van der Waals surface area contributed by atoms with Crippen molar-refractivity contribution < 1.29 is 5.11 Å². The molecule has 0 spiro atoms. The molecule has 2 aromatic rings. The van der Waals surface area contributed by atoms with Crippen molar-refractivity contribution in [1.29, 1.82) is 0 Å². The molecule has 110 valence electrons. The van der Waals surface area contributed by atoms with Gasteiger partial charge in [0.2, 0.25) is 0 Å². The normalized spacial score (nSPS) is 12.0. The van der Waals surface area contributed by atoms with Crippen molar-refractivity contribution in [2.45, 2.75) is 39.0 Å². The highest BCUT2D eigenvalue weighted by Crippen LogP contribution is 2.27. The smallest absolute Gasteiger partial charge is 0.141 e. The van der Waals surface area contributed by atoms with Crippen molar-refractivity contribution >= 4 is 11.9 Å². The largest absolute Gasteiger partial charge is 0.506 e. The number of aromatic hydroxyl groups is 1. The first-order valence-corrected chi connectivity index (χ1v) is 7.43. The van der Waals surface area contributed by atoms with Crippen LogP contribution in [0.1, 0.15) is 38.3 Å². The minimum Gasteiger partial charge on any atom is -0.506 e. The third-order valence-electron chi connectivity index (χ3n) is 4.06. The van der Waals surface area contributed by atoms with Gasteiger partial charge < -0.3 is 5.11 Å². The minimum absolute atomic E-state index is 0.216. The Bertz CT molecular complexity index is 612. The Hall–Kier alpha value is -2.09. The molecule has 0 aromatic heterocycles. The fourth-order valence-corrected chi connectivity index (χ4v) is 2.12. The van der Waals surface area contributed by atoms with Crippen LogP contribution in [0.3, 0.4) is 0 Å². The van der Waals surface area contributed by atoms with Crippen LogP contribution in [-0.2, 0) is 11.8 Å². The van der Waals surface area contributed by atoms with Gasteiger partial charge in [-0.15, -0.1) is 0 Å². The molecule has 0 amide bonds. The van der Waals surface area contributed by atoms with Gasteiger partial charge in [-0.3, -0.25) is 4.99 Å². The van der Waals surface area contributed by atoms with Gasteiger partial charge in [0.25, 0.3) is 0 Å². The summed E-state index contributed by atoms with van der Waals surface area (Å²) in [6.07, 6.45) is 3.73. The molecule has 0 bridgehead atoms. The van der Waals surface area contributed by atoms with Gasteiger partial charge in [0.15, 0.2) is 0 Å². The van der Waals surface area contributed by atoms with E-state index in [2.05, 4.69) is 50.0 Å². The predicted molar refractivity (Wildman–Crippen MR) is 89.7 cm³/mol. The van der Waals surface area contributed by atoms with Crippen LogP contribution in [-0.4, -0.2) is 11.3 Å². The Kier molecular flexibility index (Phi) is 4.79. The number of para-hydroxylation sites is 2. The molecule has 0 saturated carbocycles. The molecule has 0 radical (unpaired) electrons. The molecular formula is C19H23NO. The fraction of sp³-hybridized carbons (Fsp3) is 0.316. The number of hydrogen-bond acceptors (Lipinski definition) is 2. The van der Waals surface area contributed by atoms with Crippen LogP contribution >= 0.6 is 0 Å². The molecule has 2 nitrogen and oxygen atoms in total. The zero-order chi connectivity index (χ0) is 15.3. The maximum absolute atomic E-state index is 9.65. The lowest BCUT2D eigenvalue weighted by atomic mass is 9.82. The minimum atomic E-state index is 0.216. The topological polar surface area (TPSA) is 32.6 Å². The molecule has 2 rings (SSSR count). The van der Waals surface area contributed by atoms with E-state index in [4.69, 9.17) is 0 Å². The molecule has 0 saturated heterocycles. The summed E-state index contributed by atoms with van der Waals surface area (Å²) in [6.45, 7) is 6.75. The average Bonchev–Trinajstić information content (AvgIpc) is 2.50. The van der Waals surface area contributed by atoms with Gasteiger partial charge in [-0.2, -0.15) is 0 Å². The van der Waals surface area contributed by atoms with Crippen LogP contribution in [0.25, 0.3) is 0 Å². The summed E-state index contributed by atoms with van der Waals surface area (Å²) in [6, 6.07) is 15.8. The standard InChI is InChI=1S/C19H23NO/c1-4-19(2,3)16-11-9-15(10-12-16)13-14-20-17-7-5-6-8-18(17)21/h5-12,14,21H,4,13H2,1-3H3. The molecule has 21 heavy (non-hydrogen) atoms. The summed E-state index contributed by atoms with van der Waals surface area (Å²) < 4.78 is 0. The summed E-state index contributed by atoms with van der Waals surface area (Å²) in [5.74, 6) is 0.216. The van der Waals surface area contributed by atoms with Gasteiger partial charge in [-0.1, -0.05) is 57.2 Å². The van der Waals surface area contributed by atoms with Gasteiger partial charge in [0.05, 0.1) is 0 Å². The lowest BCUT2D eigenvalue weighted by Gasteiger charge is -2.23. The van der Waals surface area contributed by atoms with E-state index >= 15 is 0 Å². The lowest BCUT2D eigenvalue weighted by molar-refractivity contribution is 0.477. The molecular weight excluding hydrogens is 258 g/mol. The quantitative estimate of drug-likeness (QED) is 0.766. The molecule has 0 aliphatic carbocycles. The number of phenols is 1. The van der Waals surface area contributed by atoms with Crippen molar-refractivity contribution in [3.63, 3.8) is 0 Å². The summed E-state index contributed by atoms with van der Waals surface area (Å²) in [4.78, 5) is 4.31. The second-order valence-corrected chi connectivity index (χ2v) is 5.94. The van der Waals surface area contributed by atoms with E-state index in [1.54, 1.807) is 18.2 Å². The van der Waals surface area contributed by atoms with Gasteiger partial charge in [-0.25, -0.2) is 0 Å². The number of benzene rings is 2. The Morgan fingerprint density at radius 1 is 1.05 bits per heavy atom. The van der Waals surface area contributed by atoms with E-state index in [0.29, 0.717) is 5.69 Å². The van der Waals surface area contributed by atoms with Crippen LogP contribution in [0.4, 0.5) is 5.69 Å². The number of phenolic OH excluding ortho intramolecular Hbond substituents is 1. The van der Waals surface area contributed by atoms with Crippen LogP contribution in [0.5, 0.6) is 5.75 Å². The predicted octanol–water partition coefficient (Wildman–Crippen LogP) is 5.02. The summed E-state index contributed by atoms with van der Waals surface area (Å²) in [5, 5.41) is 9.65. The van der Waals surface area contributed by atoms with E-state index < -0.39 is 0 Å². The second kappa shape index (κ2) is 6.57. The number of rotatable bonds is 5. The van der Waals surface area contributed by atoms with Crippen molar-refractivity contribution in [3.05, 3.63) is 59.7 Å². The van der Waals surface area contributed by atoms with Crippen LogP contribution in [0.15, 0.2) is 53.5 Å². The summed E-state index contributed by atoms with van der Waals surface area (Å²) in [5.41, 5.74) is 3.43. The molecule has 0 heterocycles. The van der Waals surface area contributed by atoms with Crippen molar-refractivity contribution in [2.75, 3.05) is 0 Å². The van der Waals surface area contributed by atoms with Crippen LogP contribution < -0.4 is 0 Å². The Labute approximate surface area is 127 Å². The van der Waals surface area contributed by atoms with E-state index in [9.17, 15) is 5.11 Å². The summed E-state index contributed by atoms with van der Waals surface area (Å²) in [7, 11) is 0. The van der Waals surface area contributed by atoms with E-state index in [1.807, 2.05) is 12.3 Å². The molecule has 1 N–H and O–H groups in total. The Balaban J connectivity index is 2.03. The zero-order valence-corrected chi connectivity index (χ0v) is 13.0. The first kappa shape index (κ1) is 15.3. The molecule has 0 aliphatic heterocycles. The highest BCUT2D eigenvalue weighted by Gasteiger charge is 2.17. The highest BCUT2D eigenvalue weighted by atomic mass is 16.3. The third kappa shape index (κ3) is 3.94. The maximum atomic E-state index is 9.65. The van der Waals surface area contributed by atoms with Crippen molar-refractivity contribution in [1.82, 2.24) is 0 Å². The monoisotopic (exact) mass is 281 g/mol. The third-order valence-corrected chi connectivity index (χ3v) is 4.06. The molecule has 2 heteroatoms. The van der Waals surface area contributed by atoms with Gasteiger partial charge in [0, 0.05) is 12.6 Å². The van der Waals surface area contributed by atoms with Crippen molar-refractivity contribution in [3.8, 4) is 5.75 Å². The van der Waals surface area contributed by atoms with Gasteiger partial charge in [-0.05, 0) is 35.1 Å². The fourth-order valence-electron chi connectivity index (χ4n) is 2.12. The molecule has 0 aliphatic rings. The molecule has 0 unspecified atom stereocenters. The SMILES string of the molecule is CCC(C)(C)c1ccc(CC=Nc2ccccc2O)cc1. The molecule has 0 fully saturated rings. The lowest BCUT2D eigenvalue weighted by Crippen LogP contribution is -2.15. The first-order valence-electron chi connectivity index (χ1n) is 7.43. The Morgan fingerprint density at radius 3 is 2.33 bits per heavy atom. The van der Waals surface area contributed by atoms with E-state index in [1.165, 1.54) is 11.1 Å². The molecule has 0 atom stereocenters. The van der Waals surface area contributed by atoms with Gasteiger partial charge >= 0.3 is 0 Å². The second-order valence-electron chi connectivity index (χ2n) is 5.94. The number of aliphatic imine (C=N–C) groups is 1. The zero-order valence-electron chi connectivity index (χ0n) is 13.0. The summed E-state index contributed by atoms with van der Waals surface area (Å²) >= 11 is 0. The van der Waals surface area contributed by atoms with E-state index in [-0.39, 0.29) is 11.2 Å². The van der Waals surface area contributed by atoms with E-state index in [0.717, 1.165) is 12.8 Å². The van der Waals surface area contributed by atoms with Crippen LogP contribution in [0.2, 0.25) is 0 Å². The molecule has 2 aromatic carbocycles. The number of hydrogen-bond donors (Lipinski definition) is 1. The van der Waals surface area contributed by atoms with Crippen molar-refractivity contribution in [2.24, 2.45) is 4.99 Å². The Morgan fingerprint density at radius 2 is 1.71 bits per heavy atom. The average molecular weight is 281 g/mol. The van der Waals surface area contributed by atoms with Crippen LogP contribution in [0, 0.1) is 0 Å². The highest BCUT2D eigenvalue weighted by molar-refractivity contribution is 5.68. The van der Waals surface area contributed by atoms with Gasteiger partial charge in [0.1, 0.15) is 11.4 Å². The maximum Gasteiger partial charge on any atom is 0.141 e. The number of nitrogens with zero attached hydrogens (tertiary/aromatic N) is 1.